The maximum atomic E-state index is 10.4. The maximum absolute atomic E-state index is 10.4. The highest BCUT2D eigenvalue weighted by atomic mass is 16.1. The van der Waals surface area contributed by atoms with Gasteiger partial charge in [-0.15, -0.1) is 0 Å². The molecule has 1 amide bonds. The lowest BCUT2D eigenvalue weighted by Crippen LogP contribution is -2.52. The molecule has 3 fully saturated rings. The molecule has 1 atom stereocenters. The molecule has 4 rings (SSSR count). The predicted molar refractivity (Wildman–Crippen MR) is 71.8 cm³/mol. The summed E-state index contributed by atoms with van der Waals surface area (Å²) in [5.41, 5.74) is 11.4. The number of fused-ring (bicyclic) bond motifs is 3. The number of carbonyl (C=O) groups is 1. The average Bonchev–Trinajstić information content (AvgIpc) is 2.41. The number of primary amides is 1. The van der Waals surface area contributed by atoms with Gasteiger partial charge in [0.05, 0.1) is 6.17 Å². The van der Waals surface area contributed by atoms with E-state index in [1.165, 1.54) is 32.4 Å². The Morgan fingerprint density at radius 3 is 2.06 bits per heavy atom. The van der Waals surface area contributed by atoms with Gasteiger partial charge in [0.25, 0.3) is 0 Å². The van der Waals surface area contributed by atoms with Crippen LogP contribution in [-0.2, 0) is 0 Å². The quantitative estimate of drug-likeness (QED) is 0.782. The van der Waals surface area contributed by atoms with Gasteiger partial charge in [0, 0.05) is 5.56 Å². The molecule has 4 heteroatoms. The fourth-order valence-corrected chi connectivity index (χ4v) is 2.61. The van der Waals surface area contributed by atoms with E-state index in [9.17, 15) is 4.79 Å². The van der Waals surface area contributed by atoms with Gasteiger partial charge in [-0.05, 0) is 50.4 Å². The van der Waals surface area contributed by atoms with Crippen LogP contribution in [-0.4, -0.2) is 30.1 Å². The minimum atomic E-state index is -0.379. The molecule has 0 aliphatic carbocycles. The van der Waals surface area contributed by atoms with Crippen LogP contribution in [0.25, 0.3) is 0 Å². The van der Waals surface area contributed by atoms with E-state index in [0.717, 1.165) is 5.92 Å². The van der Waals surface area contributed by atoms with E-state index in [4.69, 9.17) is 11.5 Å². The van der Waals surface area contributed by atoms with Crippen LogP contribution < -0.4 is 11.5 Å². The second kappa shape index (κ2) is 5.98. The Balaban J connectivity index is 0.000000134. The first kappa shape index (κ1) is 13.1. The largest absolute Gasteiger partial charge is 0.366 e. The number of carbonyl (C=O) groups excluding carboxylic acids is 1. The van der Waals surface area contributed by atoms with E-state index < -0.39 is 0 Å². The first-order valence-corrected chi connectivity index (χ1v) is 6.51. The number of hydrogen-bond donors (Lipinski definition) is 2. The summed E-state index contributed by atoms with van der Waals surface area (Å²) in [7, 11) is 0. The molecular formula is C14H21N3O. The number of amides is 1. The van der Waals surface area contributed by atoms with Gasteiger partial charge in [-0.2, -0.15) is 0 Å². The van der Waals surface area contributed by atoms with Gasteiger partial charge in [0.1, 0.15) is 0 Å². The van der Waals surface area contributed by atoms with Crippen molar-refractivity contribution < 1.29 is 4.79 Å². The van der Waals surface area contributed by atoms with Crippen molar-refractivity contribution >= 4 is 5.91 Å². The van der Waals surface area contributed by atoms with Crippen molar-refractivity contribution in [2.45, 2.75) is 25.4 Å². The molecule has 4 N–H and O–H groups in total. The van der Waals surface area contributed by atoms with Gasteiger partial charge in [-0.3, -0.25) is 9.69 Å². The maximum Gasteiger partial charge on any atom is 0.248 e. The third-order valence-electron chi connectivity index (χ3n) is 3.75. The molecule has 3 aliphatic rings. The van der Waals surface area contributed by atoms with Crippen LogP contribution in [0.3, 0.4) is 0 Å². The molecular weight excluding hydrogens is 226 g/mol. The third-order valence-corrected chi connectivity index (χ3v) is 3.75. The normalized spacial score (nSPS) is 29.3. The van der Waals surface area contributed by atoms with Crippen molar-refractivity contribution in [1.29, 1.82) is 0 Å². The van der Waals surface area contributed by atoms with E-state index in [2.05, 4.69) is 4.90 Å². The highest BCUT2D eigenvalue weighted by Crippen LogP contribution is 2.29. The van der Waals surface area contributed by atoms with Crippen LogP contribution in [0.5, 0.6) is 0 Å². The van der Waals surface area contributed by atoms with Crippen LogP contribution in [0.1, 0.15) is 29.6 Å². The second-order valence-corrected chi connectivity index (χ2v) is 5.01. The highest BCUT2D eigenvalue weighted by Gasteiger charge is 2.30. The van der Waals surface area contributed by atoms with Crippen LogP contribution in [0.2, 0.25) is 0 Å². The number of hydrogen-bond acceptors (Lipinski definition) is 3. The fraction of sp³-hybridized carbons (Fsp3) is 0.500. The first-order valence-electron chi connectivity index (χ1n) is 6.51. The van der Waals surface area contributed by atoms with E-state index in [1.807, 2.05) is 6.07 Å². The standard InChI is InChI=1S/C7H14N2.C7H7NO/c8-7-5-6-1-3-9(7)4-2-6;8-7(9)6-4-2-1-3-5-6/h6-7H,1-5,8H2;1-5H,(H2,8,9). The monoisotopic (exact) mass is 247 g/mol. The van der Waals surface area contributed by atoms with Crippen molar-refractivity contribution in [3.8, 4) is 0 Å². The average molecular weight is 247 g/mol. The molecule has 0 spiro atoms. The second-order valence-electron chi connectivity index (χ2n) is 5.01. The van der Waals surface area contributed by atoms with E-state index in [1.54, 1.807) is 24.3 Å². The number of rotatable bonds is 1. The van der Waals surface area contributed by atoms with Crippen molar-refractivity contribution in [1.82, 2.24) is 4.90 Å². The smallest absolute Gasteiger partial charge is 0.248 e. The van der Waals surface area contributed by atoms with Crippen molar-refractivity contribution in [3.05, 3.63) is 35.9 Å². The molecule has 0 radical (unpaired) electrons. The van der Waals surface area contributed by atoms with Crippen LogP contribution in [0.4, 0.5) is 0 Å². The summed E-state index contributed by atoms with van der Waals surface area (Å²) in [5, 5.41) is 0. The van der Waals surface area contributed by atoms with E-state index >= 15 is 0 Å². The molecule has 18 heavy (non-hydrogen) atoms. The minimum absolute atomic E-state index is 0.379. The van der Waals surface area contributed by atoms with Gasteiger partial charge in [-0.25, -0.2) is 0 Å². The van der Waals surface area contributed by atoms with Crippen LogP contribution in [0, 0.1) is 5.92 Å². The Bertz CT molecular complexity index is 385. The Hall–Kier alpha value is -1.39. The third kappa shape index (κ3) is 3.31. The number of benzene rings is 1. The Kier molecular flexibility index (Phi) is 4.33. The molecule has 1 aromatic rings. The number of nitrogens with zero attached hydrogens (tertiary/aromatic N) is 1. The lowest BCUT2D eigenvalue weighted by molar-refractivity contribution is 0.0531. The predicted octanol–water partition coefficient (Wildman–Crippen LogP) is 1.17. The van der Waals surface area contributed by atoms with Crippen LogP contribution >= 0.6 is 0 Å². The summed E-state index contributed by atoms with van der Waals surface area (Å²) in [6, 6.07) is 8.76. The molecule has 3 heterocycles. The Morgan fingerprint density at radius 2 is 1.78 bits per heavy atom. The Morgan fingerprint density at radius 1 is 1.17 bits per heavy atom. The first-order chi connectivity index (χ1) is 8.66. The molecule has 0 aromatic heterocycles. The molecule has 3 aliphatic heterocycles. The van der Waals surface area contributed by atoms with Crippen molar-refractivity contribution in [3.63, 3.8) is 0 Å². The zero-order valence-electron chi connectivity index (χ0n) is 10.6. The number of nitrogens with two attached hydrogens (primary N) is 2. The molecule has 0 saturated carbocycles. The van der Waals surface area contributed by atoms with Gasteiger partial charge >= 0.3 is 0 Å². The topological polar surface area (TPSA) is 72.3 Å². The van der Waals surface area contributed by atoms with Crippen LogP contribution in [0.15, 0.2) is 30.3 Å². The summed E-state index contributed by atoms with van der Waals surface area (Å²) in [4.78, 5) is 12.8. The van der Waals surface area contributed by atoms with Gasteiger partial charge < -0.3 is 11.5 Å². The summed E-state index contributed by atoms with van der Waals surface area (Å²) in [6.07, 6.45) is 4.44. The zero-order valence-corrected chi connectivity index (χ0v) is 10.6. The summed E-state index contributed by atoms with van der Waals surface area (Å²) >= 11 is 0. The lowest BCUT2D eigenvalue weighted by atomic mass is 9.87. The molecule has 1 unspecified atom stereocenters. The SMILES string of the molecule is NC(=O)c1ccccc1.NC1CC2CCN1CC2. The van der Waals surface area contributed by atoms with E-state index in [0.29, 0.717) is 11.7 Å². The summed E-state index contributed by atoms with van der Waals surface area (Å²) in [5.74, 6) is 0.584. The highest BCUT2D eigenvalue weighted by molar-refractivity contribution is 5.92. The van der Waals surface area contributed by atoms with Gasteiger partial charge in [0.15, 0.2) is 0 Å². The number of piperidine rings is 3. The van der Waals surface area contributed by atoms with Gasteiger partial charge in [0.2, 0.25) is 5.91 Å². The summed E-state index contributed by atoms with van der Waals surface area (Å²) < 4.78 is 0. The molecule has 3 saturated heterocycles. The molecule has 4 nitrogen and oxygen atoms in total. The summed E-state index contributed by atoms with van der Waals surface area (Å²) in [6.45, 7) is 2.51. The van der Waals surface area contributed by atoms with Gasteiger partial charge in [-0.1, -0.05) is 18.2 Å². The Labute approximate surface area is 108 Å². The zero-order chi connectivity index (χ0) is 13.0. The molecule has 98 valence electrons. The van der Waals surface area contributed by atoms with Crippen molar-refractivity contribution in [2.24, 2.45) is 17.4 Å². The molecule has 1 aromatic carbocycles. The lowest BCUT2D eigenvalue weighted by Gasteiger charge is -2.43. The molecule has 2 bridgehead atoms. The minimum Gasteiger partial charge on any atom is -0.366 e. The van der Waals surface area contributed by atoms with Crippen molar-refractivity contribution in [2.75, 3.05) is 13.1 Å². The fourth-order valence-electron chi connectivity index (χ4n) is 2.61. The van der Waals surface area contributed by atoms with E-state index in [-0.39, 0.29) is 5.91 Å².